The van der Waals surface area contributed by atoms with Gasteiger partial charge < -0.3 is 4.74 Å². The average Bonchev–Trinajstić information content (AvgIpc) is 2.29. The van der Waals surface area contributed by atoms with Gasteiger partial charge in [-0.05, 0) is 18.6 Å². The summed E-state index contributed by atoms with van der Waals surface area (Å²) >= 11 is 0. The smallest absolute Gasteiger partial charge is 0.381 e. The van der Waals surface area contributed by atoms with E-state index in [1.54, 1.807) is 6.07 Å². The van der Waals surface area contributed by atoms with Crippen molar-refractivity contribution < 1.29 is 18.3 Å². The molecule has 0 saturated carbocycles. The summed E-state index contributed by atoms with van der Waals surface area (Å²) in [5.74, 6) is -5.15. The Balaban J connectivity index is 3.05. The van der Waals surface area contributed by atoms with Gasteiger partial charge in [-0.25, -0.2) is 4.79 Å². The Bertz CT molecular complexity index is 400. The fraction of sp³-hybridized carbons (Fsp3) is 0.250. The van der Waals surface area contributed by atoms with Crippen LogP contribution in [0.2, 0.25) is 0 Å². The Morgan fingerprint density at radius 1 is 1.56 bits per heavy atom. The summed E-state index contributed by atoms with van der Waals surface area (Å²) in [6.07, 6.45) is 1.44. The minimum absolute atomic E-state index is 0.0738. The Morgan fingerprint density at radius 3 is 2.81 bits per heavy atom. The zero-order chi connectivity index (χ0) is 12.2. The lowest BCUT2D eigenvalue weighted by atomic mass is 10.1. The zero-order valence-corrected chi connectivity index (χ0v) is 8.87. The molecule has 0 amide bonds. The normalized spacial score (nSPS) is 10.9. The van der Waals surface area contributed by atoms with Crippen LogP contribution in [0.1, 0.15) is 18.1 Å². The highest BCUT2D eigenvalue weighted by Crippen LogP contribution is 2.30. The van der Waals surface area contributed by atoms with E-state index in [1.807, 2.05) is 0 Å². The van der Waals surface area contributed by atoms with E-state index in [9.17, 15) is 13.6 Å². The number of esters is 1. The lowest BCUT2D eigenvalue weighted by Gasteiger charge is -2.15. The second kappa shape index (κ2) is 4.88. The number of halogens is 2. The van der Waals surface area contributed by atoms with Crippen LogP contribution in [0.3, 0.4) is 0 Å². The van der Waals surface area contributed by atoms with Crippen LogP contribution in [0, 0.1) is 0 Å². The highest BCUT2D eigenvalue weighted by Gasteiger charge is 2.42. The Hall–Kier alpha value is -1.71. The van der Waals surface area contributed by atoms with Crippen molar-refractivity contribution in [3.63, 3.8) is 0 Å². The van der Waals surface area contributed by atoms with Crippen molar-refractivity contribution in [1.29, 1.82) is 0 Å². The number of alkyl halides is 2. The molecular weight excluding hydrogens is 214 g/mol. The molecule has 0 heterocycles. The van der Waals surface area contributed by atoms with Crippen LogP contribution in [0.4, 0.5) is 8.78 Å². The standard InChI is InChI=1S/C12H12F2O2/c1-3-9-6-5-7-10(8-9)12(13,14)11(15)16-4-2/h3,5-8H,1,4H2,2H3. The molecule has 4 heteroatoms. The first-order valence-electron chi connectivity index (χ1n) is 4.80. The van der Waals surface area contributed by atoms with Gasteiger partial charge in [0, 0.05) is 5.56 Å². The maximum atomic E-state index is 13.5. The maximum Gasteiger partial charge on any atom is 0.381 e. The number of rotatable bonds is 4. The van der Waals surface area contributed by atoms with Gasteiger partial charge in [0.15, 0.2) is 0 Å². The first-order chi connectivity index (χ1) is 7.52. The van der Waals surface area contributed by atoms with Crippen molar-refractivity contribution in [2.24, 2.45) is 0 Å². The Labute approximate surface area is 92.5 Å². The number of hydrogen-bond donors (Lipinski definition) is 0. The van der Waals surface area contributed by atoms with Crippen LogP contribution in [-0.2, 0) is 15.5 Å². The SMILES string of the molecule is C=Cc1cccc(C(F)(F)C(=O)OCC)c1. The van der Waals surface area contributed by atoms with E-state index in [4.69, 9.17) is 0 Å². The van der Waals surface area contributed by atoms with E-state index in [-0.39, 0.29) is 12.2 Å². The van der Waals surface area contributed by atoms with Crippen molar-refractivity contribution in [2.75, 3.05) is 6.61 Å². The molecule has 0 aromatic heterocycles. The molecule has 2 nitrogen and oxygen atoms in total. The van der Waals surface area contributed by atoms with Crippen molar-refractivity contribution in [3.8, 4) is 0 Å². The van der Waals surface area contributed by atoms with Crippen molar-refractivity contribution in [1.82, 2.24) is 0 Å². The molecule has 0 aliphatic carbocycles. The molecule has 0 atom stereocenters. The van der Waals surface area contributed by atoms with Gasteiger partial charge in [-0.2, -0.15) is 8.78 Å². The molecule has 0 radical (unpaired) electrons. The third-order valence-corrected chi connectivity index (χ3v) is 2.02. The minimum atomic E-state index is -3.62. The highest BCUT2D eigenvalue weighted by atomic mass is 19.3. The third-order valence-electron chi connectivity index (χ3n) is 2.02. The van der Waals surface area contributed by atoms with Gasteiger partial charge in [-0.15, -0.1) is 0 Å². The second-order valence-corrected chi connectivity index (χ2v) is 3.12. The van der Waals surface area contributed by atoms with Crippen molar-refractivity contribution in [3.05, 3.63) is 42.0 Å². The Kier molecular flexibility index (Phi) is 3.77. The summed E-state index contributed by atoms with van der Waals surface area (Å²) in [6.45, 7) is 4.88. The molecule has 0 unspecified atom stereocenters. The highest BCUT2D eigenvalue weighted by molar-refractivity contribution is 5.79. The summed E-state index contributed by atoms with van der Waals surface area (Å²) in [5.41, 5.74) is 0.143. The molecular formula is C12H12F2O2. The molecule has 16 heavy (non-hydrogen) atoms. The van der Waals surface area contributed by atoms with Crippen LogP contribution in [0.25, 0.3) is 6.08 Å². The zero-order valence-electron chi connectivity index (χ0n) is 8.87. The maximum absolute atomic E-state index is 13.5. The van der Waals surface area contributed by atoms with E-state index in [2.05, 4.69) is 11.3 Å². The quantitative estimate of drug-likeness (QED) is 0.738. The number of carbonyl (C=O) groups is 1. The molecule has 0 spiro atoms. The Morgan fingerprint density at radius 2 is 2.25 bits per heavy atom. The molecule has 1 aromatic rings. The summed E-state index contributed by atoms with van der Waals surface area (Å²) in [5, 5.41) is 0. The van der Waals surface area contributed by atoms with Crippen LogP contribution in [-0.4, -0.2) is 12.6 Å². The number of carbonyl (C=O) groups excluding carboxylic acids is 1. The van der Waals surface area contributed by atoms with Crippen LogP contribution in [0.15, 0.2) is 30.8 Å². The van der Waals surface area contributed by atoms with Gasteiger partial charge in [0.1, 0.15) is 0 Å². The summed E-state index contributed by atoms with van der Waals surface area (Å²) in [4.78, 5) is 11.1. The van der Waals surface area contributed by atoms with Gasteiger partial charge in [0.05, 0.1) is 6.61 Å². The number of ether oxygens (including phenoxy) is 1. The van der Waals surface area contributed by atoms with E-state index in [1.165, 1.54) is 31.2 Å². The van der Waals surface area contributed by atoms with Gasteiger partial charge in [0.2, 0.25) is 0 Å². The molecule has 86 valence electrons. The molecule has 0 N–H and O–H groups in total. The van der Waals surface area contributed by atoms with Crippen molar-refractivity contribution in [2.45, 2.75) is 12.8 Å². The fourth-order valence-electron chi connectivity index (χ4n) is 1.20. The second-order valence-electron chi connectivity index (χ2n) is 3.12. The van der Waals surface area contributed by atoms with Crippen LogP contribution < -0.4 is 0 Å². The molecule has 0 bridgehead atoms. The van der Waals surface area contributed by atoms with Gasteiger partial charge >= 0.3 is 11.9 Å². The number of hydrogen-bond acceptors (Lipinski definition) is 2. The molecule has 0 aliphatic rings. The fourth-order valence-corrected chi connectivity index (χ4v) is 1.20. The van der Waals surface area contributed by atoms with Gasteiger partial charge in [0.25, 0.3) is 0 Å². The molecule has 0 saturated heterocycles. The average molecular weight is 226 g/mol. The predicted octanol–water partition coefficient (Wildman–Crippen LogP) is 2.98. The topological polar surface area (TPSA) is 26.3 Å². The summed E-state index contributed by atoms with van der Waals surface area (Å²) < 4.78 is 31.4. The monoisotopic (exact) mass is 226 g/mol. The molecule has 0 aliphatic heterocycles. The summed E-state index contributed by atoms with van der Waals surface area (Å²) in [6, 6.07) is 5.46. The van der Waals surface area contributed by atoms with Gasteiger partial charge in [-0.3, -0.25) is 0 Å². The van der Waals surface area contributed by atoms with Gasteiger partial charge in [-0.1, -0.05) is 30.9 Å². The van der Waals surface area contributed by atoms with E-state index in [0.29, 0.717) is 5.56 Å². The van der Waals surface area contributed by atoms with Crippen LogP contribution >= 0.6 is 0 Å². The molecule has 1 rings (SSSR count). The molecule has 0 fully saturated rings. The van der Waals surface area contributed by atoms with E-state index >= 15 is 0 Å². The first kappa shape index (κ1) is 12.4. The third kappa shape index (κ3) is 2.45. The number of benzene rings is 1. The van der Waals surface area contributed by atoms with E-state index < -0.39 is 11.9 Å². The van der Waals surface area contributed by atoms with Crippen molar-refractivity contribution >= 4 is 12.0 Å². The molecule has 1 aromatic carbocycles. The first-order valence-corrected chi connectivity index (χ1v) is 4.80. The minimum Gasteiger partial charge on any atom is -0.461 e. The predicted molar refractivity (Wildman–Crippen MR) is 57.1 cm³/mol. The lowest BCUT2D eigenvalue weighted by molar-refractivity contribution is -0.173. The lowest BCUT2D eigenvalue weighted by Crippen LogP contribution is -2.28. The van der Waals surface area contributed by atoms with Crippen LogP contribution in [0.5, 0.6) is 0 Å². The van der Waals surface area contributed by atoms with E-state index in [0.717, 1.165) is 0 Å². The largest absolute Gasteiger partial charge is 0.461 e. The summed E-state index contributed by atoms with van der Waals surface area (Å²) in [7, 11) is 0.